The van der Waals surface area contributed by atoms with E-state index in [0.29, 0.717) is 0 Å². The zero-order valence-electron chi connectivity index (χ0n) is 13.7. The number of aliphatic hydroxyl groups excluding tert-OH is 1. The quantitative estimate of drug-likeness (QED) is 0.825. The fourth-order valence-corrected chi connectivity index (χ4v) is 2.61. The summed E-state index contributed by atoms with van der Waals surface area (Å²) in [6.07, 6.45) is 6.29. The third-order valence-electron chi connectivity index (χ3n) is 3.39. The Hall–Kier alpha value is -1.72. The summed E-state index contributed by atoms with van der Waals surface area (Å²) in [5.41, 5.74) is 3.45. The van der Waals surface area contributed by atoms with Crippen LogP contribution in [0.15, 0.2) is 30.7 Å². The molecule has 0 aliphatic rings. The van der Waals surface area contributed by atoms with Gasteiger partial charge in [0.05, 0.1) is 11.9 Å². The van der Waals surface area contributed by atoms with Crippen LogP contribution in [0, 0.1) is 5.41 Å². The summed E-state index contributed by atoms with van der Waals surface area (Å²) in [5, 5.41) is 16.4. The lowest BCUT2D eigenvalue weighted by Gasteiger charge is -2.29. The molecule has 120 valence electrons. The Morgan fingerprint density at radius 3 is 2.73 bits per heavy atom. The van der Waals surface area contributed by atoms with E-state index in [9.17, 15) is 0 Å². The molecule has 0 spiro atoms. The van der Waals surface area contributed by atoms with Crippen molar-refractivity contribution < 1.29 is 5.11 Å². The molecule has 0 bridgehead atoms. The summed E-state index contributed by atoms with van der Waals surface area (Å²) in [5.74, 6) is 0. The van der Waals surface area contributed by atoms with Crippen molar-refractivity contribution in [3.8, 4) is 11.3 Å². The fraction of sp³-hybridized carbons (Fsp3) is 0.529. The Labute approximate surface area is 132 Å². The molecule has 5 nitrogen and oxygen atoms in total. The molecule has 22 heavy (non-hydrogen) atoms. The monoisotopic (exact) mass is 302 g/mol. The summed E-state index contributed by atoms with van der Waals surface area (Å²) < 4.78 is 0. The van der Waals surface area contributed by atoms with E-state index in [1.165, 1.54) is 0 Å². The van der Waals surface area contributed by atoms with Gasteiger partial charge in [-0.25, -0.2) is 0 Å². The van der Waals surface area contributed by atoms with Gasteiger partial charge in [-0.2, -0.15) is 5.10 Å². The van der Waals surface area contributed by atoms with Gasteiger partial charge in [-0.1, -0.05) is 20.8 Å². The smallest absolute Gasteiger partial charge is 0.0710 e. The van der Waals surface area contributed by atoms with Crippen LogP contribution in [0.4, 0.5) is 0 Å². The van der Waals surface area contributed by atoms with Crippen molar-refractivity contribution in [2.45, 2.75) is 33.7 Å². The van der Waals surface area contributed by atoms with Crippen molar-refractivity contribution in [1.82, 2.24) is 20.1 Å². The Balaban J connectivity index is 2.15. The molecule has 0 aliphatic carbocycles. The van der Waals surface area contributed by atoms with Gasteiger partial charge in [0, 0.05) is 49.8 Å². The molecule has 5 heteroatoms. The maximum absolute atomic E-state index is 9.12. The average molecular weight is 302 g/mol. The average Bonchev–Trinajstić information content (AvgIpc) is 2.92. The van der Waals surface area contributed by atoms with Crippen LogP contribution in [-0.4, -0.2) is 44.9 Å². The summed E-state index contributed by atoms with van der Waals surface area (Å²) >= 11 is 0. The lowest BCUT2D eigenvalue weighted by Crippen LogP contribution is -2.33. The van der Waals surface area contributed by atoms with Crippen LogP contribution in [0.2, 0.25) is 0 Å². The van der Waals surface area contributed by atoms with Crippen molar-refractivity contribution in [1.29, 1.82) is 0 Å². The van der Waals surface area contributed by atoms with Crippen LogP contribution < -0.4 is 0 Å². The van der Waals surface area contributed by atoms with Gasteiger partial charge in [-0.05, 0) is 24.0 Å². The number of aliphatic hydroxyl groups is 1. The van der Waals surface area contributed by atoms with Crippen molar-refractivity contribution in [3.05, 3.63) is 36.3 Å². The Morgan fingerprint density at radius 2 is 2.09 bits per heavy atom. The maximum atomic E-state index is 9.12. The molecular weight excluding hydrogens is 276 g/mol. The van der Waals surface area contributed by atoms with E-state index in [2.05, 4.69) is 40.9 Å². The van der Waals surface area contributed by atoms with Crippen LogP contribution in [-0.2, 0) is 6.54 Å². The van der Waals surface area contributed by atoms with E-state index in [1.807, 2.05) is 24.5 Å². The number of nitrogens with one attached hydrogen (secondary N) is 1. The highest BCUT2D eigenvalue weighted by Gasteiger charge is 2.18. The first-order chi connectivity index (χ1) is 10.5. The molecule has 2 rings (SSSR count). The summed E-state index contributed by atoms with van der Waals surface area (Å²) in [4.78, 5) is 6.55. The first-order valence-electron chi connectivity index (χ1n) is 7.75. The van der Waals surface area contributed by atoms with E-state index in [4.69, 9.17) is 5.11 Å². The van der Waals surface area contributed by atoms with Gasteiger partial charge in [0.2, 0.25) is 0 Å². The molecule has 0 saturated heterocycles. The largest absolute Gasteiger partial charge is 0.396 e. The van der Waals surface area contributed by atoms with Crippen LogP contribution in [0.1, 0.15) is 32.8 Å². The topological polar surface area (TPSA) is 65.0 Å². The predicted molar refractivity (Wildman–Crippen MR) is 88.3 cm³/mol. The minimum absolute atomic E-state index is 0.216. The zero-order chi connectivity index (χ0) is 16.0. The molecule has 0 aromatic carbocycles. The van der Waals surface area contributed by atoms with E-state index in [0.717, 1.165) is 42.9 Å². The Morgan fingerprint density at radius 1 is 1.27 bits per heavy atom. The first-order valence-corrected chi connectivity index (χ1v) is 7.75. The summed E-state index contributed by atoms with van der Waals surface area (Å²) in [6, 6.07) is 3.96. The highest BCUT2D eigenvalue weighted by atomic mass is 16.3. The number of hydrogen-bond donors (Lipinski definition) is 2. The van der Waals surface area contributed by atoms with Gasteiger partial charge in [0.15, 0.2) is 0 Å². The van der Waals surface area contributed by atoms with E-state index in [1.54, 1.807) is 6.20 Å². The molecule has 2 heterocycles. The minimum atomic E-state index is 0.216. The maximum Gasteiger partial charge on any atom is 0.0710 e. The number of hydrogen-bond acceptors (Lipinski definition) is 4. The number of aromatic nitrogens is 3. The van der Waals surface area contributed by atoms with Crippen molar-refractivity contribution >= 4 is 0 Å². The van der Waals surface area contributed by atoms with E-state index in [-0.39, 0.29) is 12.0 Å². The lowest BCUT2D eigenvalue weighted by molar-refractivity contribution is 0.166. The van der Waals surface area contributed by atoms with Gasteiger partial charge in [0.1, 0.15) is 0 Å². The summed E-state index contributed by atoms with van der Waals surface area (Å²) in [6.45, 7) is 9.60. The second-order valence-electron chi connectivity index (χ2n) is 6.86. The number of aromatic amines is 1. The molecule has 0 amide bonds. The molecule has 0 fully saturated rings. The SMILES string of the molecule is CC(C)(C)CN(CCCO)Cc1cn[nH]c1-c1cccnc1. The van der Waals surface area contributed by atoms with E-state index < -0.39 is 0 Å². The molecule has 0 atom stereocenters. The molecule has 0 unspecified atom stereocenters. The molecule has 0 radical (unpaired) electrons. The zero-order valence-corrected chi connectivity index (χ0v) is 13.7. The predicted octanol–water partition coefficient (Wildman–Crippen LogP) is 2.70. The first kappa shape index (κ1) is 16.6. The number of nitrogens with zero attached hydrogens (tertiary/aromatic N) is 3. The van der Waals surface area contributed by atoms with Gasteiger partial charge >= 0.3 is 0 Å². The molecule has 2 aromatic heterocycles. The fourth-order valence-electron chi connectivity index (χ4n) is 2.61. The Bertz CT molecular complexity index is 560. The molecule has 0 saturated carbocycles. The highest BCUT2D eigenvalue weighted by Crippen LogP contribution is 2.23. The van der Waals surface area contributed by atoms with Gasteiger partial charge < -0.3 is 5.11 Å². The number of H-pyrrole nitrogens is 1. The van der Waals surface area contributed by atoms with Gasteiger partial charge in [0.25, 0.3) is 0 Å². The molecular formula is C17H26N4O. The van der Waals surface area contributed by atoms with Gasteiger partial charge in [-0.15, -0.1) is 0 Å². The molecule has 2 aromatic rings. The van der Waals surface area contributed by atoms with Crippen LogP contribution in [0.5, 0.6) is 0 Å². The number of rotatable bonds is 7. The van der Waals surface area contributed by atoms with Crippen molar-refractivity contribution in [2.24, 2.45) is 5.41 Å². The molecule has 2 N–H and O–H groups in total. The third-order valence-corrected chi connectivity index (χ3v) is 3.39. The second kappa shape index (κ2) is 7.51. The van der Waals surface area contributed by atoms with Crippen LogP contribution in [0.3, 0.4) is 0 Å². The van der Waals surface area contributed by atoms with Crippen LogP contribution in [0.25, 0.3) is 11.3 Å². The lowest BCUT2D eigenvalue weighted by atomic mass is 9.95. The van der Waals surface area contributed by atoms with Crippen molar-refractivity contribution in [2.75, 3.05) is 19.7 Å². The number of pyridine rings is 1. The minimum Gasteiger partial charge on any atom is -0.396 e. The van der Waals surface area contributed by atoms with Crippen LogP contribution >= 0.6 is 0 Å². The Kier molecular flexibility index (Phi) is 5.69. The summed E-state index contributed by atoms with van der Waals surface area (Å²) in [7, 11) is 0. The van der Waals surface area contributed by atoms with Crippen molar-refractivity contribution in [3.63, 3.8) is 0 Å². The van der Waals surface area contributed by atoms with E-state index >= 15 is 0 Å². The highest BCUT2D eigenvalue weighted by molar-refractivity contribution is 5.61. The third kappa shape index (κ3) is 4.93. The second-order valence-corrected chi connectivity index (χ2v) is 6.86. The standard InChI is InChI=1S/C17H26N4O/c1-17(2,3)13-21(8-5-9-22)12-15-11-19-20-16(15)14-6-4-7-18-10-14/h4,6-7,10-11,22H,5,8-9,12-13H2,1-3H3,(H,19,20). The molecule has 0 aliphatic heterocycles. The normalized spacial score (nSPS) is 12.0. The van der Waals surface area contributed by atoms with Gasteiger partial charge in [-0.3, -0.25) is 15.0 Å².